The van der Waals surface area contributed by atoms with Gasteiger partial charge in [0.05, 0.1) is 5.69 Å². The first kappa shape index (κ1) is 16.3. The van der Waals surface area contributed by atoms with Crippen LogP contribution in [0.2, 0.25) is 0 Å². The lowest BCUT2D eigenvalue weighted by Gasteiger charge is -2.24. The Labute approximate surface area is 131 Å². The highest BCUT2D eigenvalue weighted by Gasteiger charge is 2.19. The zero-order chi connectivity index (χ0) is 16.2. The third-order valence-corrected chi connectivity index (χ3v) is 3.24. The first-order valence-corrected chi connectivity index (χ1v) is 7.55. The van der Waals surface area contributed by atoms with Crippen molar-refractivity contribution in [3.8, 4) is 0 Å². The van der Waals surface area contributed by atoms with E-state index in [4.69, 9.17) is 4.74 Å². The smallest absolute Gasteiger partial charge is 0.410 e. The summed E-state index contributed by atoms with van der Waals surface area (Å²) in [5, 5.41) is 3.27. The molecule has 1 aliphatic rings. The number of anilines is 1. The zero-order valence-electron chi connectivity index (χ0n) is 13.7. The molecular formula is C16H24N4O2. The molecule has 1 heterocycles. The Morgan fingerprint density at radius 2 is 2.18 bits per heavy atom. The van der Waals surface area contributed by atoms with Crippen LogP contribution in [0.25, 0.3) is 6.08 Å². The number of nitrogens with zero attached hydrogens (tertiary/aromatic N) is 3. The Balaban J connectivity index is 1.87. The molecule has 0 aliphatic heterocycles. The highest BCUT2D eigenvalue weighted by Crippen LogP contribution is 2.22. The van der Waals surface area contributed by atoms with E-state index in [0.29, 0.717) is 13.1 Å². The molecule has 0 saturated heterocycles. The number of aryl methyl sites for hydroxylation is 1. The minimum absolute atomic E-state index is 0.320. The van der Waals surface area contributed by atoms with Gasteiger partial charge in [0.25, 0.3) is 0 Å². The summed E-state index contributed by atoms with van der Waals surface area (Å²) in [5.74, 6) is 0.818. The van der Waals surface area contributed by atoms with Crippen molar-refractivity contribution in [3.63, 3.8) is 0 Å². The highest BCUT2D eigenvalue weighted by atomic mass is 16.6. The van der Waals surface area contributed by atoms with Crippen molar-refractivity contribution in [1.29, 1.82) is 0 Å². The molecular weight excluding hydrogens is 280 g/mol. The molecule has 22 heavy (non-hydrogen) atoms. The maximum Gasteiger partial charge on any atom is 0.410 e. The number of hydrogen-bond acceptors (Lipinski definition) is 5. The SMILES string of the molecule is CN(CCNc1ncnc2c1C=CCC2)C(=O)OC(C)(C)C. The predicted molar refractivity (Wildman–Crippen MR) is 86.7 cm³/mol. The second-order valence-corrected chi connectivity index (χ2v) is 6.35. The van der Waals surface area contributed by atoms with Crippen LogP contribution < -0.4 is 5.32 Å². The summed E-state index contributed by atoms with van der Waals surface area (Å²) < 4.78 is 5.32. The van der Waals surface area contributed by atoms with Crippen molar-refractivity contribution in [2.45, 2.75) is 39.2 Å². The van der Waals surface area contributed by atoms with E-state index in [1.807, 2.05) is 20.8 Å². The summed E-state index contributed by atoms with van der Waals surface area (Å²) in [5.41, 5.74) is 1.64. The summed E-state index contributed by atoms with van der Waals surface area (Å²) in [6.07, 6.45) is 7.41. The molecule has 0 fully saturated rings. The lowest BCUT2D eigenvalue weighted by Crippen LogP contribution is -2.36. The number of carbonyl (C=O) groups excluding carboxylic acids is 1. The molecule has 2 rings (SSSR count). The molecule has 1 aromatic heterocycles. The van der Waals surface area contributed by atoms with Crippen LogP contribution in [0.4, 0.5) is 10.6 Å². The summed E-state index contributed by atoms with van der Waals surface area (Å²) in [6, 6.07) is 0. The molecule has 120 valence electrons. The topological polar surface area (TPSA) is 67.3 Å². The number of hydrogen-bond donors (Lipinski definition) is 1. The fraction of sp³-hybridized carbons (Fsp3) is 0.562. The number of rotatable bonds is 4. The highest BCUT2D eigenvalue weighted by molar-refractivity contribution is 5.68. The van der Waals surface area contributed by atoms with Crippen molar-refractivity contribution in [2.75, 3.05) is 25.5 Å². The molecule has 0 atom stereocenters. The summed E-state index contributed by atoms with van der Waals surface area (Å²) >= 11 is 0. The summed E-state index contributed by atoms with van der Waals surface area (Å²) in [7, 11) is 1.73. The molecule has 0 spiro atoms. The average molecular weight is 304 g/mol. The van der Waals surface area contributed by atoms with Gasteiger partial charge < -0.3 is 15.0 Å². The molecule has 1 amide bonds. The first-order chi connectivity index (χ1) is 10.4. The first-order valence-electron chi connectivity index (χ1n) is 7.55. The molecule has 6 nitrogen and oxygen atoms in total. The maximum absolute atomic E-state index is 11.9. The van der Waals surface area contributed by atoms with E-state index >= 15 is 0 Å². The van der Waals surface area contributed by atoms with Gasteiger partial charge >= 0.3 is 6.09 Å². The molecule has 0 aromatic carbocycles. The van der Waals surface area contributed by atoms with Gasteiger partial charge in [0.1, 0.15) is 17.7 Å². The van der Waals surface area contributed by atoms with Gasteiger partial charge in [-0.05, 0) is 33.6 Å². The van der Waals surface area contributed by atoms with Crippen LogP contribution in [-0.2, 0) is 11.2 Å². The number of allylic oxidation sites excluding steroid dienone is 1. The van der Waals surface area contributed by atoms with Gasteiger partial charge in [0.2, 0.25) is 0 Å². The van der Waals surface area contributed by atoms with Gasteiger partial charge in [-0.15, -0.1) is 0 Å². The van der Waals surface area contributed by atoms with Gasteiger partial charge in [0.15, 0.2) is 0 Å². The minimum atomic E-state index is -0.477. The van der Waals surface area contributed by atoms with E-state index in [2.05, 4.69) is 27.4 Å². The van der Waals surface area contributed by atoms with E-state index in [0.717, 1.165) is 29.9 Å². The quantitative estimate of drug-likeness (QED) is 0.926. The minimum Gasteiger partial charge on any atom is -0.444 e. The Morgan fingerprint density at radius 3 is 2.91 bits per heavy atom. The van der Waals surface area contributed by atoms with Gasteiger partial charge in [-0.25, -0.2) is 14.8 Å². The maximum atomic E-state index is 11.9. The van der Waals surface area contributed by atoms with Crippen LogP contribution >= 0.6 is 0 Å². The van der Waals surface area contributed by atoms with E-state index in [1.165, 1.54) is 0 Å². The number of likely N-dealkylation sites (N-methyl/N-ethyl adjacent to an activating group) is 1. The van der Waals surface area contributed by atoms with Crippen molar-refractivity contribution < 1.29 is 9.53 Å². The standard InChI is InChI=1S/C16H24N4O2/c1-16(2,3)22-15(21)20(4)10-9-17-14-12-7-5-6-8-13(12)18-11-19-14/h5,7,11H,6,8-10H2,1-4H3,(H,17,18,19). The van der Waals surface area contributed by atoms with Crippen LogP contribution in [0.15, 0.2) is 12.4 Å². The van der Waals surface area contributed by atoms with Crippen molar-refractivity contribution in [2.24, 2.45) is 0 Å². The van der Waals surface area contributed by atoms with E-state index in [9.17, 15) is 4.79 Å². The van der Waals surface area contributed by atoms with Gasteiger partial charge in [-0.2, -0.15) is 0 Å². The fourth-order valence-corrected chi connectivity index (χ4v) is 2.14. The third kappa shape index (κ3) is 4.44. The predicted octanol–water partition coefficient (Wildman–Crippen LogP) is 2.71. The van der Waals surface area contributed by atoms with Crippen LogP contribution in [0.3, 0.4) is 0 Å². The molecule has 0 unspecified atom stereocenters. The monoisotopic (exact) mass is 304 g/mol. The Hall–Kier alpha value is -2.11. The Kier molecular flexibility index (Phi) is 5.00. The molecule has 1 aromatic rings. The van der Waals surface area contributed by atoms with Crippen molar-refractivity contribution in [3.05, 3.63) is 23.7 Å². The van der Waals surface area contributed by atoms with Crippen LogP contribution in [0.1, 0.15) is 38.4 Å². The van der Waals surface area contributed by atoms with Gasteiger partial charge in [-0.3, -0.25) is 0 Å². The number of nitrogens with one attached hydrogen (secondary N) is 1. The molecule has 1 N–H and O–H groups in total. The van der Waals surface area contributed by atoms with Crippen molar-refractivity contribution in [1.82, 2.24) is 14.9 Å². The zero-order valence-corrected chi connectivity index (χ0v) is 13.7. The summed E-state index contributed by atoms with van der Waals surface area (Å²) in [4.78, 5) is 22.0. The second-order valence-electron chi connectivity index (χ2n) is 6.35. The van der Waals surface area contributed by atoms with E-state index in [1.54, 1.807) is 18.3 Å². The lowest BCUT2D eigenvalue weighted by molar-refractivity contribution is 0.0305. The lowest BCUT2D eigenvalue weighted by atomic mass is 10.0. The molecule has 1 aliphatic carbocycles. The van der Waals surface area contributed by atoms with Gasteiger partial charge in [-0.1, -0.05) is 12.2 Å². The number of fused-ring (bicyclic) bond motifs is 1. The molecule has 0 radical (unpaired) electrons. The number of amides is 1. The average Bonchev–Trinajstić information content (AvgIpc) is 2.45. The van der Waals surface area contributed by atoms with Gasteiger partial charge in [0, 0.05) is 25.7 Å². The fourth-order valence-electron chi connectivity index (χ4n) is 2.14. The molecule has 6 heteroatoms. The van der Waals surface area contributed by atoms with Crippen LogP contribution in [0.5, 0.6) is 0 Å². The van der Waals surface area contributed by atoms with Crippen molar-refractivity contribution >= 4 is 18.0 Å². The Bertz CT molecular complexity index is 564. The largest absolute Gasteiger partial charge is 0.444 e. The number of aromatic nitrogens is 2. The number of carbonyl (C=O) groups is 1. The second kappa shape index (κ2) is 6.77. The summed E-state index contributed by atoms with van der Waals surface area (Å²) in [6.45, 7) is 6.72. The van der Waals surface area contributed by atoms with Crippen LogP contribution in [-0.4, -0.2) is 46.7 Å². The number of ether oxygens (including phenoxy) is 1. The third-order valence-electron chi connectivity index (χ3n) is 3.24. The molecule has 0 bridgehead atoms. The Morgan fingerprint density at radius 1 is 1.41 bits per heavy atom. The van der Waals surface area contributed by atoms with E-state index in [-0.39, 0.29) is 6.09 Å². The molecule has 0 saturated carbocycles. The van der Waals surface area contributed by atoms with E-state index < -0.39 is 5.60 Å². The normalized spacial score (nSPS) is 13.5. The van der Waals surface area contributed by atoms with Crippen LogP contribution in [0, 0.1) is 0 Å².